The summed E-state index contributed by atoms with van der Waals surface area (Å²) in [6, 6.07) is 6.69. The van der Waals surface area contributed by atoms with E-state index in [9.17, 15) is 4.79 Å². The van der Waals surface area contributed by atoms with E-state index < -0.39 is 5.63 Å². The Kier molecular flexibility index (Phi) is 3.58. The van der Waals surface area contributed by atoms with Gasteiger partial charge in [0.2, 0.25) is 0 Å². The molecule has 0 bridgehead atoms. The fourth-order valence-corrected chi connectivity index (χ4v) is 2.48. The van der Waals surface area contributed by atoms with Crippen molar-refractivity contribution in [3.63, 3.8) is 0 Å². The lowest BCUT2D eigenvalue weighted by atomic mass is 9.98. The molecule has 0 saturated carbocycles. The van der Waals surface area contributed by atoms with Crippen molar-refractivity contribution < 1.29 is 9.15 Å². The molecule has 1 atom stereocenters. The first-order chi connectivity index (χ1) is 10.5. The maximum Gasteiger partial charge on any atom is 0.336 e. The first-order valence-corrected chi connectivity index (χ1v) is 7.24. The molecule has 1 aliphatic rings. The molecule has 7 heteroatoms. The Morgan fingerprint density at radius 1 is 1.41 bits per heavy atom. The van der Waals surface area contributed by atoms with Gasteiger partial charge in [-0.15, -0.1) is 0 Å². The van der Waals surface area contributed by atoms with E-state index >= 15 is 0 Å². The zero-order chi connectivity index (χ0) is 15.9. The third-order valence-corrected chi connectivity index (χ3v) is 3.50. The molecule has 0 radical (unpaired) electrons. The van der Waals surface area contributed by atoms with Gasteiger partial charge in [-0.25, -0.2) is 4.79 Å². The van der Waals surface area contributed by atoms with Gasteiger partial charge in [0.05, 0.1) is 0 Å². The zero-order valence-corrected chi connectivity index (χ0v) is 12.9. The highest BCUT2D eigenvalue weighted by Crippen LogP contribution is 2.35. The van der Waals surface area contributed by atoms with Crippen LogP contribution in [0.4, 0.5) is 0 Å². The van der Waals surface area contributed by atoms with Crippen LogP contribution in [0.25, 0.3) is 11.0 Å². The molecule has 3 N–H and O–H groups in total. The number of ether oxygens (including phenoxy) is 1. The topological polar surface area (TPSA) is 89.8 Å². The Bertz CT molecular complexity index is 842. The highest BCUT2D eigenvalue weighted by atomic mass is 32.1. The van der Waals surface area contributed by atoms with Gasteiger partial charge in [0, 0.05) is 23.1 Å². The maximum absolute atomic E-state index is 11.3. The molecule has 0 saturated heterocycles. The van der Waals surface area contributed by atoms with Gasteiger partial charge in [0.25, 0.3) is 0 Å². The van der Waals surface area contributed by atoms with Crippen molar-refractivity contribution in [2.45, 2.75) is 20.0 Å². The predicted octanol–water partition coefficient (Wildman–Crippen LogP) is 1.75. The van der Waals surface area contributed by atoms with Crippen LogP contribution in [-0.2, 0) is 0 Å². The van der Waals surface area contributed by atoms with Gasteiger partial charge in [-0.05, 0) is 30.3 Å². The lowest BCUT2D eigenvalue weighted by molar-refractivity contribution is 0.229. The molecule has 0 amide bonds. The summed E-state index contributed by atoms with van der Waals surface area (Å²) in [4.78, 5) is 11.3. The average molecular weight is 317 g/mol. The van der Waals surface area contributed by atoms with Gasteiger partial charge >= 0.3 is 5.63 Å². The van der Waals surface area contributed by atoms with Crippen molar-refractivity contribution in [2.75, 3.05) is 0 Å². The highest BCUT2D eigenvalue weighted by Gasteiger charge is 2.33. The largest absolute Gasteiger partial charge is 0.483 e. The molecule has 1 aromatic carbocycles. The number of hydrogen-bond acceptors (Lipinski definition) is 5. The SMILES string of the molecule is CC(C)C1Oc2cc3oc(=O)ccc3cc2C1=NNC(N)=S. The molecule has 0 spiro atoms. The number of nitrogens with one attached hydrogen (secondary N) is 1. The number of nitrogens with two attached hydrogens (primary N) is 1. The van der Waals surface area contributed by atoms with Crippen molar-refractivity contribution in [3.05, 3.63) is 40.2 Å². The fourth-order valence-electron chi connectivity index (χ4n) is 2.43. The van der Waals surface area contributed by atoms with Gasteiger partial charge in [0.1, 0.15) is 23.1 Å². The molecule has 22 heavy (non-hydrogen) atoms. The average Bonchev–Trinajstić information content (AvgIpc) is 2.80. The smallest absolute Gasteiger partial charge is 0.336 e. The van der Waals surface area contributed by atoms with Crippen LogP contribution in [0.15, 0.2) is 38.6 Å². The van der Waals surface area contributed by atoms with Crippen LogP contribution in [0, 0.1) is 5.92 Å². The van der Waals surface area contributed by atoms with E-state index in [2.05, 4.69) is 10.5 Å². The second-order valence-corrected chi connectivity index (χ2v) is 5.84. The van der Waals surface area contributed by atoms with Crippen molar-refractivity contribution in [3.8, 4) is 5.75 Å². The van der Waals surface area contributed by atoms with Gasteiger partial charge in [0.15, 0.2) is 5.11 Å². The number of hydrogen-bond donors (Lipinski definition) is 2. The van der Waals surface area contributed by atoms with Crippen LogP contribution in [0.2, 0.25) is 0 Å². The minimum absolute atomic E-state index is 0.0928. The highest BCUT2D eigenvalue weighted by molar-refractivity contribution is 7.80. The first-order valence-electron chi connectivity index (χ1n) is 6.83. The van der Waals surface area contributed by atoms with E-state index in [1.165, 1.54) is 6.07 Å². The minimum atomic E-state index is -0.394. The molecule has 6 nitrogen and oxygen atoms in total. The van der Waals surface area contributed by atoms with Gasteiger partial charge in [-0.3, -0.25) is 5.43 Å². The summed E-state index contributed by atoms with van der Waals surface area (Å²) in [5, 5.41) is 5.17. The Hall–Kier alpha value is -2.41. The van der Waals surface area contributed by atoms with Crippen molar-refractivity contribution in [1.82, 2.24) is 5.43 Å². The quantitative estimate of drug-likeness (QED) is 0.498. The van der Waals surface area contributed by atoms with Gasteiger partial charge in [-0.2, -0.15) is 5.10 Å². The number of hydrazone groups is 1. The molecule has 114 valence electrons. The number of benzene rings is 1. The lowest BCUT2D eigenvalue weighted by Crippen LogP contribution is -2.32. The summed E-state index contributed by atoms with van der Waals surface area (Å²) < 4.78 is 11.1. The van der Waals surface area contributed by atoms with E-state index in [-0.39, 0.29) is 17.1 Å². The van der Waals surface area contributed by atoms with E-state index in [0.29, 0.717) is 11.3 Å². The molecular weight excluding hydrogens is 302 g/mol. The monoisotopic (exact) mass is 317 g/mol. The van der Waals surface area contributed by atoms with Gasteiger partial charge in [-0.1, -0.05) is 13.8 Å². The lowest BCUT2D eigenvalue weighted by Gasteiger charge is -2.15. The maximum atomic E-state index is 11.3. The zero-order valence-electron chi connectivity index (χ0n) is 12.1. The van der Waals surface area contributed by atoms with E-state index in [4.69, 9.17) is 27.1 Å². The summed E-state index contributed by atoms with van der Waals surface area (Å²) in [6.45, 7) is 4.07. The van der Waals surface area contributed by atoms with E-state index in [1.807, 2.05) is 19.9 Å². The van der Waals surface area contributed by atoms with Crippen LogP contribution in [0.5, 0.6) is 5.75 Å². The Morgan fingerprint density at radius 3 is 2.86 bits per heavy atom. The van der Waals surface area contributed by atoms with E-state index in [0.717, 1.165) is 16.7 Å². The van der Waals surface area contributed by atoms with Crippen LogP contribution in [0.3, 0.4) is 0 Å². The van der Waals surface area contributed by atoms with Crippen molar-refractivity contribution in [2.24, 2.45) is 16.8 Å². The Labute approximate surface area is 131 Å². The number of nitrogens with zero attached hydrogens (tertiary/aromatic N) is 1. The third-order valence-electron chi connectivity index (χ3n) is 3.41. The first kappa shape index (κ1) is 14.5. The summed E-state index contributed by atoms with van der Waals surface area (Å²) in [7, 11) is 0. The van der Waals surface area contributed by atoms with Crippen molar-refractivity contribution >= 4 is 34.0 Å². The normalized spacial score (nSPS) is 18.5. The second kappa shape index (κ2) is 5.42. The minimum Gasteiger partial charge on any atom is -0.483 e. The fraction of sp³-hybridized carbons (Fsp3) is 0.267. The summed E-state index contributed by atoms with van der Waals surface area (Å²) in [5.41, 5.74) is 9.71. The summed E-state index contributed by atoms with van der Waals surface area (Å²) in [6.07, 6.45) is -0.222. The number of rotatable bonds is 2. The summed E-state index contributed by atoms with van der Waals surface area (Å²) >= 11 is 4.79. The Morgan fingerprint density at radius 2 is 2.18 bits per heavy atom. The Balaban J connectivity index is 2.15. The summed E-state index contributed by atoms with van der Waals surface area (Å²) in [5.74, 6) is 0.832. The molecule has 3 rings (SSSR count). The standard InChI is InChI=1S/C15H15N3O3S/c1-7(2)14-13(17-18-15(16)22)9-5-8-3-4-12(19)20-10(8)6-11(9)21-14/h3-7,14H,1-2H3,(H3,16,18,22). The van der Waals surface area contributed by atoms with Gasteiger partial charge < -0.3 is 14.9 Å². The molecule has 1 unspecified atom stereocenters. The molecule has 0 fully saturated rings. The van der Waals surface area contributed by atoms with Crippen LogP contribution >= 0.6 is 12.2 Å². The number of fused-ring (bicyclic) bond motifs is 2. The number of thiocarbonyl (C=S) groups is 1. The van der Waals surface area contributed by atoms with Crippen LogP contribution < -0.4 is 21.5 Å². The van der Waals surface area contributed by atoms with Crippen LogP contribution in [-0.4, -0.2) is 16.9 Å². The second-order valence-electron chi connectivity index (χ2n) is 5.40. The molecule has 1 aromatic heterocycles. The van der Waals surface area contributed by atoms with Crippen molar-refractivity contribution in [1.29, 1.82) is 0 Å². The predicted molar refractivity (Wildman–Crippen MR) is 88.2 cm³/mol. The molecular formula is C15H15N3O3S. The molecule has 0 aliphatic carbocycles. The van der Waals surface area contributed by atoms with E-state index in [1.54, 1.807) is 12.1 Å². The molecule has 1 aliphatic heterocycles. The van der Waals surface area contributed by atoms with Crippen LogP contribution in [0.1, 0.15) is 19.4 Å². The molecule has 2 heterocycles. The molecule has 2 aromatic rings. The third kappa shape index (κ3) is 2.55.